The molecule has 6 nitrogen and oxygen atoms in total. The molecule has 2 aromatic carbocycles. The second-order valence-electron chi connectivity index (χ2n) is 7.43. The topological polar surface area (TPSA) is 75.7 Å². The maximum atomic E-state index is 13.0. The number of nitrogens with zero attached hydrogens (tertiary/aromatic N) is 1. The van der Waals surface area contributed by atoms with E-state index in [-0.39, 0.29) is 10.8 Å². The number of rotatable bonds is 6. The van der Waals surface area contributed by atoms with Crippen molar-refractivity contribution in [3.63, 3.8) is 0 Å². The van der Waals surface area contributed by atoms with Crippen LogP contribution in [-0.2, 0) is 14.8 Å². The maximum Gasteiger partial charge on any atom is 0.261 e. The molecule has 1 aliphatic heterocycles. The lowest BCUT2D eigenvalue weighted by atomic mass is 10.1. The summed E-state index contributed by atoms with van der Waals surface area (Å²) in [4.78, 5) is 14.2. The van der Waals surface area contributed by atoms with E-state index in [2.05, 4.69) is 4.72 Å². The van der Waals surface area contributed by atoms with Crippen LogP contribution >= 0.6 is 0 Å². The number of carbonyl (C=O) groups is 1. The highest BCUT2D eigenvalue weighted by Gasteiger charge is 2.23. The molecule has 3 rings (SSSR count). The monoisotopic (exact) mass is 416 g/mol. The summed E-state index contributed by atoms with van der Waals surface area (Å²) in [6.45, 7) is 8.67. The van der Waals surface area contributed by atoms with Crippen molar-refractivity contribution < 1.29 is 17.9 Å². The van der Waals surface area contributed by atoms with Crippen molar-refractivity contribution >= 4 is 27.3 Å². The lowest BCUT2D eigenvalue weighted by Crippen LogP contribution is -2.35. The molecule has 0 unspecified atom stereocenters. The molecular formula is C22H28N2O4S. The zero-order chi connectivity index (χ0) is 21.2. The number of nitrogens with one attached hydrogen (secondary N) is 1. The van der Waals surface area contributed by atoms with Crippen molar-refractivity contribution in [1.29, 1.82) is 0 Å². The molecule has 7 heteroatoms. The van der Waals surface area contributed by atoms with E-state index in [1.54, 1.807) is 29.2 Å². The van der Waals surface area contributed by atoms with Crippen LogP contribution < -0.4 is 14.4 Å². The SMILES string of the molecule is CCOc1c(C)cc(S(=O)(=O)Nc2ccc(C)c(N3CCCCC3=O)c2)cc1C. The number of anilines is 2. The Morgan fingerprint density at radius 2 is 1.72 bits per heavy atom. The molecule has 0 radical (unpaired) electrons. The number of carbonyl (C=O) groups excluding carboxylic acids is 1. The lowest BCUT2D eigenvalue weighted by Gasteiger charge is -2.28. The zero-order valence-electron chi connectivity index (χ0n) is 17.4. The molecular weight excluding hydrogens is 388 g/mol. The summed E-state index contributed by atoms with van der Waals surface area (Å²) in [5, 5.41) is 0. The summed E-state index contributed by atoms with van der Waals surface area (Å²) in [6, 6.07) is 8.53. The third kappa shape index (κ3) is 4.56. The Labute approximate surface area is 172 Å². The van der Waals surface area contributed by atoms with Crippen LogP contribution in [0.3, 0.4) is 0 Å². The average Bonchev–Trinajstić information content (AvgIpc) is 2.66. The Balaban J connectivity index is 1.91. The Bertz CT molecular complexity index is 1010. The molecule has 0 bridgehead atoms. The Morgan fingerprint density at radius 3 is 2.34 bits per heavy atom. The van der Waals surface area contributed by atoms with E-state index in [9.17, 15) is 13.2 Å². The first-order chi connectivity index (χ1) is 13.7. The molecule has 0 aromatic heterocycles. The van der Waals surface area contributed by atoms with E-state index >= 15 is 0 Å². The Kier molecular flexibility index (Phi) is 6.17. The minimum absolute atomic E-state index is 0.0807. The molecule has 1 saturated heterocycles. The number of ether oxygens (including phenoxy) is 1. The van der Waals surface area contributed by atoms with Crippen LogP contribution in [0.25, 0.3) is 0 Å². The predicted molar refractivity (Wildman–Crippen MR) is 115 cm³/mol. The fourth-order valence-corrected chi connectivity index (χ4v) is 4.90. The van der Waals surface area contributed by atoms with Gasteiger partial charge in [0.15, 0.2) is 0 Å². The van der Waals surface area contributed by atoms with Gasteiger partial charge in [-0.15, -0.1) is 0 Å². The van der Waals surface area contributed by atoms with Crippen molar-refractivity contribution in [2.45, 2.75) is 51.9 Å². The fourth-order valence-electron chi connectivity index (χ4n) is 3.68. The normalized spacial score (nSPS) is 14.8. The standard InChI is InChI=1S/C22H28N2O4S/c1-5-28-22-16(3)12-19(13-17(22)4)29(26,27)23-18-10-9-15(2)20(14-18)24-11-7-6-8-21(24)25/h9-10,12-14,23H,5-8,11H2,1-4H3. The number of amides is 1. The van der Waals surface area contributed by atoms with Crippen molar-refractivity contribution in [3.05, 3.63) is 47.0 Å². The van der Waals surface area contributed by atoms with E-state index in [0.717, 1.165) is 35.2 Å². The minimum Gasteiger partial charge on any atom is -0.493 e. The zero-order valence-corrected chi connectivity index (χ0v) is 18.2. The Hall–Kier alpha value is -2.54. The van der Waals surface area contributed by atoms with Gasteiger partial charge in [-0.25, -0.2) is 8.42 Å². The third-order valence-corrected chi connectivity index (χ3v) is 6.47. The first-order valence-corrected chi connectivity index (χ1v) is 11.4. The predicted octanol–water partition coefficient (Wildman–Crippen LogP) is 4.33. The van der Waals surface area contributed by atoms with Gasteiger partial charge < -0.3 is 9.64 Å². The van der Waals surface area contributed by atoms with Gasteiger partial charge >= 0.3 is 0 Å². The number of piperidine rings is 1. The van der Waals surface area contributed by atoms with Gasteiger partial charge in [0.25, 0.3) is 10.0 Å². The van der Waals surface area contributed by atoms with Crippen LogP contribution in [0.5, 0.6) is 5.75 Å². The van der Waals surface area contributed by atoms with Crippen LogP contribution in [-0.4, -0.2) is 27.5 Å². The fraction of sp³-hybridized carbons (Fsp3) is 0.409. The molecule has 0 atom stereocenters. The summed E-state index contributed by atoms with van der Waals surface area (Å²) in [6.07, 6.45) is 2.38. The summed E-state index contributed by atoms with van der Waals surface area (Å²) in [5.74, 6) is 0.796. The van der Waals surface area contributed by atoms with Crippen LogP contribution in [0.2, 0.25) is 0 Å². The van der Waals surface area contributed by atoms with Crippen LogP contribution in [0.15, 0.2) is 35.2 Å². The van der Waals surface area contributed by atoms with Crippen molar-refractivity contribution in [3.8, 4) is 5.75 Å². The van der Waals surface area contributed by atoms with Gasteiger partial charge in [0, 0.05) is 18.7 Å². The maximum absolute atomic E-state index is 13.0. The van der Waals surface area contributed by atoms with Gasteiger partial charge in [0.05, 0.1) is 17.2 Å². The van der Waals surface area contributed by atoms with Crippen molar-refractivity contribution in [1.82, 2.24) is 0 Å². The van der Waals surface area contributed by atoms with Gasteiger partial charge in [-0.1, -0.05) is 6.07 Å². The van der Waals surface area contributed by atoms with E-state index in [1.807, 2.05) is 33.8 Å². The highest BCUT2D eigenvalue weighted by atomic mass is 32.2. The third-order valence-electron chi connectivity index (χ3n) is 5.11. The van der Waals surface area contributed by atoms with Crippen LogP contribution in [0.4, 0.5) is 11.4 Å². The summed E-state index contributed by atoms with van der Waals surface area (Å²) in [7, 11) is -3.77. The molecule has 1 amide bonds. The molecule has 0 aliphatic carbocycles. The highest BCUT2D eigenvalue weighted by Crippen LogP contribution is 2.31. The van der Waals surface area contributed by atoms with Crippen molar-refractivity contribution in [2.75, 3.05) is 22.8 Å². The minimum atomic E-state index is -3.77. The molecule has 29 heavy (non-hydrogen) atoms. The second-order valence-corrected chi connectivity index (χ2v) is 9.11. The van der Waals surface area contributed by atoms with E-state index < -0.39 is 10.0 Å². The van der Waals surface area contributed by atoms with Gasteiger partial charge in [0.1, 0.15) is 5.75 Å². The number of aryl methyl sites for hydroxylation is 3. The number of sulfonamides is 1. The van der Waals surface area contributed by atoms with Gasteiger partial charge in [-0.3, -0.25) is 9.52 Å². The van der Waals surface area contributed by atoms with Gasteiger partial charge in [0.2, 0.25) is 5.91 Å². The summed E-state index contributed by atoms with van der Waals surface area (Å²) >= 11 is 0. The largest absolute Gasteiger partial charge is 0.493 e. The molecule has 0 spiro atoms. The molecule has 156 valence electrons. The molecule has 1 aliphatic rings. The molecule has 2 aromatic rings. The van der Waals surface area contributed by atoms with E-state index in [0.29, 0.717) is 31.0 Å². The molecule has 1 N–H and O–H groups in total. The van der Waals surface area contributed by atoms with E-state index in [1.165, 1.54) is 0 Å². The Morgan fingerprint density at radius 1 is 1.03 bits per heavy atom. The second kappa shape index (κ2) is 8.45. The molecule has 0 saturated carbocycles. The smallest absolute Gasteiger partial charge is 0.261 e. The van der Waals surface area contributed by atoms with Crippen molar-refractivity contribution in [2.24, 2.45) is 0 Å². The van der Waals surface area contributed by atoms with Gasteiger partial charge in [-0.2, -0.15) is 0 Å². The average molecular weight is 417 g/mol. The lowest BCUT2D eigenvalue weighted by molar-refractivity contribution is -0.119. The number of hydrogen-bond donors (Lipinski definition) is 1. The number of benzene rings is 2. The first-order valence-electron chi connectivity index (χ1n) is 9.91. The first kappa shape index (κ1) is 21.2. The van der Waals surface area contributed by atoms with Crippen LogP contribution in [0, 0.1) is 20.8 Å². The van der Waals surface area contributed by atoms with Gasteiger partial charge in [-0.05, 0) is 81.5 Å². The van der Waals surface area contributed by atoms with E-state index in [4.69, 9.17) is 4.74 Å². The summed E-state index contributed by atoms with van der Waals surface area (Å²) < 4.78 is 34.2. The van der Waals surface area contributed by atoms with Crippen LogP contribution in [0.1, 0.15) is 42.9 Å². The summed E-state index contributed by atoms with van der Waals surface area (Å²) in [5.41, 5.74) is 3.68. The molecule has 1 fully saturated rings. The quantitative estimate of drug-likeness (QED) is 0.761. The highest BCUT2D eigenvalue weighted by molar-refractivity contribution is 7.92. The molecule has 1 heterocycles. The number of hydrogen-bond acceptors (Lipinski definition) is 4.